The molecule has 0 spiro atoms. The van der Waals surface area contributed by atoms with Crippen molar-refractivity contribution in [3.8, 4) is 0 Å². The molecule has 1 aromatic rings. The summed E-state index contributed by atoms with van der Waals surface area (Å²) in [7, 11) is 0. The zero-order chi connectivity index (χ0) is 10.6. The molecule has 5 heteroatoms. The summed E-state index contributed by atoms with van der Waals surface area (Å²) in [6.45, 7) is 3.95. The molecule has 0 unspecified atom stereocenters. The molecule has 1 heterocycles. The first-order valence-corrected chi connectivity index (χ1v) is 4.75. The summed E-state index contributed by atoms with van der Waals surface area (Å²) in [5.41, 5.74) is 0.214. The van der Waals surface area contributed by atoms with Gasteiger partial charge < -0.3 is 4.74 Å². The summed E-state index contributed by atoms with van der Waals surface area (Å²) in [5, 5.41) is 0.148. The summed E-state index contributed by atoms with van der Waals surface area (Å²) in [6.07, 6.45) is 2.08. The lowest BCUT2D eigenvalue weighted by molar-refractivity contribution is 0.0525. The number of aryl methyl sites for hydroxylation is 1. The van der Waals surface area contributed by atoms with Crippen molar-refractivity contribution in [2.24, 2.45) is 0 Å². The Bertz CT molecular complexity index is 342. The van der Waals surface area contributed by atoms with Crippen LogP contribution in [0.15, 0.2) is 6.20 Å². The lowest BCUT2D eigenvalue weighted by atomic mass is 10.3. The van der Waals surface area contributed by atoms with Crippen molar-refractivity contribution in [1.29, 1.82) is 0 Å². The Balaban J connectivity index is 2.94. The topological polar surface area (TPSA) is 52.1 Å². The molecule has 0 N–H and O–H groups in total. The van der Waals surface area contributed by atoms with Crippen molar-refractivity contribution >= 4 is 17.6 Å². The van der Waals surface area contributed by atoms with Gasteiger partial charge in [0.25, 0.3) is 0 Å². The Labute approximate surface area is 87.3 Å². The number of hydrogen-bond donors (Lipinski definition) is 0. The smallest absolute Gasteiger partial charge is 0.342 e. The van der Waals surface area contributed by atoms with Crippen LogP contribution in [0.3, 0.4) is 0 Å². The fraction of sp³-hybridized carbons (Fsp3) is 0.444. The average molecular weight is 215 g/mol. The van der Waals surface area contributed by atoms with Gasteiger partial charge >= 0.3 is 5.97 Å². The Morgan fingerprint density at radius 2 is 2.29 bits per heavy atom. The highest BCUT2D eigenvalue weighted by Gasteiger charge is 2.13. The number of rotatable bonds is 3. The van der Waals surface area contributed by atoms with E-state index in [0.717, 1.165) is 0 Å². The second kappa shape index (κ2) is 4.91. The average Bonchev–Trinajstić information content (AvgIpc) is 2.17. The fourth-order valence-electron chi connectivity index (χ4n) is 0.911. The molecule has 0 fully saturated rings. The predicted octanol–water partition coefficient (Wildman–Crippen LogP) is 1.87. The summed E-state index contributed by atoms with van der Waals surface area (Å²) >= 11 is 5.79. The van der Waals surface area contributed by atoms with E-state index < -0.39 is 5.97 Å². The quantitative estimate of drug-likeness (QED) is 0.569. The molecule has 76 valence electrons. The molecule has 0 saturated carbocycles. The van der Waals surface area contributed by atoms with Crippen molar-refractivity contribution in [1.82, 2.24) is 9.97 Å². The molecule has 0 amide bonds. The maximum Gasteiger partial charge on any atom is 0.342 e. The zero-order valence-electron chi connectivity index (χ0n) is 8.08. The van der Waals surface area contributed by atoms with E-state index in [1.807, 2.05) is 6.92 Å². The molecular weight excluding hydrogens is 204 g/mol. The van der Waals surface area contributed by atoms with Gasteiger partial charge in [0.05, 0.1) is 6.61 Å². The third-order valence-corrected chi connectivity index (χ3v) is 1.89. The second-order valence-corrected chi connectivity index (χ2v) is 2.92. The van der Waals surface area contributed by atoms with Crippen LogP contribution >= 0.6 is 11.6 Å². The second-order valence-electron chi connectivity index (χ2n) is 2.56. The Morgan fingerprint density at radius 3 is 2.79 bits per heavy atom. The summed E-state index contributed by atoms with van der Waals surface area (Å²) in [6, 6.07) is 0. The van der Waals surface area contributed by atoms with E-state index in [9.17, 15) is 4.79 Å². The van der Waals surface area contributed by atoms with Crippen molar-refractivity contribution in [3.63, 3.8) is 0 Å². The van der Waals surface area contributed by atoms with Crippen LogP contribution < -0.4 is 0 Å². The Morgan fingerprint density at radius 1 is 1.57 bits per heavy atom. The number of ether oxygens (including phenoxy) is 1. The fourth-order valence-corrected chi connectivity index (χ4v) is 1.13. The number of esters is 1. The van der Waals surface area contributed by atoms with Gasteiger partial charge in [-0.15, -0.1) is 0 Å². The highest BCUT2D eigenvalue weighted by Crippen LogP contribution is 2.13. The number of carbonyl (C=O) groups is 1. The van der Waals surface area contributed by atoms with Crippen LogP contribution in [0.5, 0.6) is 0 Å². The maximum atomic E-state index is 11.3. The van der Waals surface area contributed by atoms with Crippen molar-refractivity contribution < 1.29 is 9.53 Å². The predicted molar refractivity (Wildman–Crippen MR) is 52.4 cm³/mol. The first-order valence-electron chi connectivity index (χ1n) is 4.37. The minimum atomic E-state index is -0.486. The summed E-state index contributed by atoms with van der Waals surface area (Å²) in [5.74, 6) is 0.128. The maximum absolute atomic E-state index is 11.3. The van der Waals surface area contributed by atoms with Gasteiger partial charge in [0.2, 0.25) is 0 Å². The molecular formula is C9H11ClN2O2. The van der Waals surface area contributed by atoms with Gasteiger partial charge in [-0.25, -0.2) is 14.8 Å². The van der Waals surface area contributed by atoms with Gasteiger partial charge in [-0.3, -0.25) is 0 Å². The molecule has 0 atom stereocenters. The molecule has 0 bridgehead atoms. The summed E-state index contributed by atoms with van der Waals surface area (Å²) < 4.78 is 4.78. The molecule has 1 aromatic heterocycles. The van der Waals surface area contributed by atoms with Gasteiger partial charge in [0.1, 0.15) is 16.5 Å². The van der Waals surface area contributed by atoms with Gasteiger partial charge in [0.15, 0.2) is 0 Å². The number of aromatic nitrogens is 2. The molecule has 1 rings (SSSR count). The molecule has 0 saturated heterocycles. The van der Waals surface area contributed by atoms with Crippen LogP contribution in [0.1, 0.15) is 30.0 Å². The van der Waals surface area contributed by atoms with Crippen molar-refractivity contribution in [2.45, 2.75) is 20.3 Å². The van der Waals surface area contributed by atoms with Crippen molar-refractivity contribution in [2.75, 3.05) is 6.61 Å². The minimum absolute atomic E-state index is 0.148. The van der Waals surface area contributed by atoms with Crippen LogP contribution in [0, 0.1) is 0 Å². The minimum Gasteiger partial charge on any atom is -0.462 e. The highest BCUT2D eigenvalue weighted by atomic mass is 35.5. The molecule has 14 heavy (non-hydrogen) atoms. The first kappa shape index (κ1) is 10.9. The van der Waals surface area contributed by atoms with Crippen LogP contribution in [0.25, 0.3) is 0 Å². The normalized spacial score (nSPS) is 9.93. The third kappa shape index (κ3) is 2.42. The molecule has 0 aliphatic heterocycles. The van der Waals surface area contributed by atoms with Crippen LogP contribution in [-0.2, 0) is 11.2 Å². The van der Waals surface area contributed by atoms with E-state index in [0.29, 0.717) is 18.9 Å². The standard InChI is InChI=1S/C9H11ClN2O2/c1-3-7-11-5-6(8(10)12-7)9(13)14-4-2/h5H,3-4H2,1-2H3. The molecule has 0 aliphatic carbocycles. The van der Waals surface area contributed by atoms with Gasteiger partial charge in [-0.05, 0) is 6.92 Å². The lowest BCUT2D eigenvalue weighted by Gasteiger charge is -2.03. The Kier molecular flexibility index (Phi) is 3.83. The van der Waals surface area contributed by atoms with Crippen LogP contribution in [-0.4, -0.2) is 22.5 Å². The van der Waals surface area contributed by atoms with Crippen LogP contribution in [0.2, 0.25) is 5.15 Å². The van der Waals surface area contributed by atoms with E-state index in [2.05, 4.69) is 9.97 Å². The molecule has 4 nitrogen and oxygen atoms in total. The van der Waals surface area contributed by atoms with E-state index in [1.165, 1.54) is 6.20 Å². The molecule has 0 aliphatic rings. The third-order valence-electron chi connectivity index (χ3n) is 1.60. The Hall–Kier alpha value is -1.16. The lowest BCUT2D eigenvalue weighted by Crippen LogP contribution is -2.08. The monoisotopic (exact) mass is 214 g/mol. The van der Waals surface area contributed by atoms with E-state index in [4.69, 9.17) is 16.3 Å². The largest absolute Gasteiger partial charge is 0.462 e. The van der Waals surface area contributed by atoms with E-state index >= 15 is 0 Å². The highest BCUT2D eigenvalue weighted by molar-refractivity contribution is 6.32. The zero-order valence-corrected chi connectivity index (χ0v) is 8.84. The number of halogens is 1. The molecule has 0 radical (unpaired) electrons. The first-order chi connectivity index (χ1) is 6.69. The van der Waals surface area contributed by atoms with E-state index in [1.54, 1.807) is 6.92 Å². The van der Waals surface area contributed by atoms with Gasteiger partial charge in [-0.1, -0.05) is 18.5 Å². The van der Waals surface area contributed by atoms with Crippen molar-refractivity contribution in [3.05, 3.63) is 22.7 Å². The van der Waals surface area contributed by atoms with E-state index in [-0.39, 0.29) is 10.7 Å². The van der Waals surface area contributed by atoms with Gasteiger partial charge in [0, 0.05) is 12.6 Å². The number of carbonyl (C=O) groups excluding carboxylic acids is 1. The summed E-state index contributed by atoms with van der Waals surface area (Å²) in [4.78, 5) is 19.2. The number of nitrogens with zero attached hydrogens (tertiary/aromatic N) is 2. The van der Waals surface area contributed by atoms with Crippen LogP contribution in [0.4, 0.5) is 0 Å². The van der Waals surface area contributed by atoms with Gasteiger partial charge in [-0.2, -0.15) is 0 Å². The molecule has 0 aromatic carbocycles. The number of hydrogen-bond acceptors (Lipinski definition) is 4. The SMILES string of the molecule is CCOC(=O)c1cnc(CC)nc1Cl.